The fourth-order valence-corrected chi connectivity index (χ4v) is 1.99. The third kappa shape index (κ3) is 2.89. The van der Waals surface area contributed by atoms with Gasteiger partial charge in [0.15, 0.2) is 5.92 Å². The van der Waals surface area contributed by atoms with Gasteiger partial charge in [0.25, 0.3) is 6.29 Å². The van der Waals surface area contributed by atoms with E-state index in [1.165, 1.54) is 12.5 Å². The molecule has 0 saturated heterocycles. The summed E-state index contributed by atoms with van der Waals surface area (Å²) in [5.41, 5.74) is 0.160. The maximum Gasteiger partial charge on any atom is 0.326 e. The molecule has 0 spiro atoms. The van der Waals surface area contributed by atoms with Crippen LogP contribution in [0.3, 0.4) is 0 Å². The van der Waals surface area contributed by atoms with Crippen LogP contribution in [0.4, 0.5) is 0 Å². The van der Waals surface area contributed by atoms with E-state index < -0.39 is 24.1 Å². The summed E-state index contributed by atoms with van der Waals surface area (Å²) < 4.78 is 19.5. The Morgan fingerprint density at radius 2 is 1.76 bits per heavy atom. The zero-order chi connectivity index (χ0) is 15.4. The van der Waals surface area contributed by atoms with Crippen LogP contribution >= 0.6 is 11.6 Å². The van der Waals surface area contributed by atoms with Crippen LogP contribution in [0.5, 0.6) is 0 Å². The monoisotopic (exact) mass is 314 g/mol. The highest BCUT2D eigenvalue weighted by Crippen LogP contribution is 2.34. The number of halogens is 1. The van der Waals surface area contributed by atoms with Crippen molar-refractivity contribution in [2.75, 3.05) is 14.2 Å². The van der Waals surface area contributed by atoms with Crippen LogP contribution in [-0.2, 0) is 28.5 Å². The molecule has 0 aliphatic carbocycles. The van der Waals surface area contributed by atoms with Crippen LogP contribution in [0.15, 0.2) is 18.9 Å². The van der Waals surface area contributed by atoms with Gasteiger partial charge in [-0.1, -0.05) is 11.6 Å². The van der Waals surface area contributed by atoms with Gasteiger partial charge in [-0.05, 0) is 0 Å². The smallest absolute Gasteiger partial charge is 0.326 e. The molecular weight excluding hydrogens is 304 g/mol. The van der Waals surface area contributed by atoms with Gasteiger partial charge < -0.3 is 18.9 Å². The van der Waals surface area contributed by atoms with Crippen molar-refractivity contribution in [1.29, 1.82) is 0 Å². The zero-order valence-corrected chi connectivity index (χ0v) is 11.9. The highest BCUT2D eigenvalue weighted by atomic mass is 35.5. The minimum atomic E-state index is -1.41. The summed E-state index contributed by atoms with van der Waals surface area (Å²) in [6, 6.07) is 0. The van der Waals surface area contributed by atoms with Crippen molar-refractivity contribution in [3.63, 3.8) is 0 Å². The van der Waals surface area contributed by atoms with Crippen LogP contribution in [0.25, 0.3) is 0 Å². The normalized spacial score (nSPS) is 13.7. The lowest BCUT2D eigenvalue weighted by Gasteiger charge is -2.18. The number of carbonyl (C=O) groups is 2. The molecule has 0 radical (unpaired) electrons. The van der Waals surface area contributed by atoms with E-state index in [2.05, 4.69) is 19.4 Å². The van der Waals surface area contributed by atoms with E-state index in [1.54, 1.807) is 0 Å². The second kappa shape index (κ2) is 6.40. The summed E-state index contributed by atoms with van der Waals surface area (Å²) in [6.45, 7) is 0. The summed E-state index contributed by atoms with van der Waals surface area (Å²) >= 11 is 6.01. The van der Waals surface area contributed by atoms with Gasteiger partial charge in [-0.2, -0.15) is 0 Å². The number of nitrogens with zero attached hydrogens (tertiary/aromatic N) is 2. The third-order valence-electron chi connectivity index (χ3n) is 2.71. The molecule has 1 aliphatic rings. The van der Waals surface area contributed by atoms with Gasteiger partial charge >= 0.3 is 11.9 Å². The maximum absolute atomic E-state index is 11.9. The Labute approximate surface area is 124 Å². The molecule has 0 atom stereocenters. The summed E-state index contributed by atoms with van der Waals surface area (Å²) in [5.74, 6) is -3.10. The first-order valence-electron chi connectivity index (χ1n) is 5.72. The van der Waals surface area contributed by atoms with E-state index in [4.69, 9.17) is 21.1 Å². The van der Waals surface area contributed by atoms with E-state index in [1.807, 2.05) is 0 Å². The van der Waals surface area contributed by atoms with E-state index in [0.717, 1.165) is 20.5 Å². The van der Waals surface area contributed by atoms with Crippen molar-refractivity contribution in [3.05, 3.63) is 35.3 Å². The van der Waals surface area contributed by atoms with E-state index in [0.29, 0.717) is 0 Å². The first kappa shape index (κ1) is 15.0. The largest absolute Gasteiger partial charge is 0.468 e. The first-order valence-corrected chi connectivity index (χ1v) is 6.09. The number of hydrogen-bond donors (Lipinski definition) is 0. The fraction of sp³-hybridized carbons (Fsp3) is 0.333. The molecule has 1 aromatic heterocycles. The van der Waals surface area contributed by atoms with E-state index >= 15 is 0 Å². The average Bonchev–Trinajstić information content (AvgIpc) is 3.01. The van der Waals surface area contributed by atoms with Crippen LogP contribution in [0, 0.1) is 0 Å². The van der Waals surface area contributed by atoms with Gasteiger partial charge in [0.2, 0.25) is 0 Å². The predicted molar refractivity (Wildman–Crippen MR) is 67.9 cm³/mol. The molecule has 0 bridgehead atoms. The number of carbonyl (C=O) groups excluding carboxylic acids is 2. The Hall–Kier alpha value is -2.35. The van der Waals surface area contributed by atoms with Gasteiger partial charge in [-0.15, -0.1) is 0 Å². The lowest BCUT2D eigenvalue weighted by atomic mass is 10.0. The lowest BCUT2D eigenvalue weighted by Crippen LogP contribution is -2.27. The number of esters is 2. The van der Waals surface area contributed by atoms with Gasteiger partial charge in [-0.3, -0.25) is 9.59 Å². The SMILES string of the molecule is COC(=O)C(C(=O)OC)c1ncnc(Cl)c1C1OC=CO1. The van der Waals surface area contributed by atoms with Crippen molar-refractivity contribution in [1.82, 2.24) is 9.97 Å². The molecule has 112 valence electrons. The topological polar surface area (TPSA) is 96.8 Å². The summed E-state index contributed by atoms with van der Waals surface area (Å²) in [4.78, 5) is 31.5. The van der Waals surface area contributed by atoms with Gasteiger partial charge in [0.05, 0.1) is 25.5 Å². The molecule has 8 nitrogen and oxygen atoms in total. The van der Waals surface area contributed by atoms with E-state index in [-0.39, 0.29) is 16.4 Å². The average molecular weight is 315 g/mol. The highest BCUT2D eigenvalue weighted by molar-refractivity contribution is 6.30. The fourth-order valence-electron chi connectivity index (χ4n) is 1.76. The summed E-state index contributed by atoms with van der Waals surface area (Å²) in [5, 5.41) is -0.00786. The molecule has 0 amide bonds. The molecule has 0 saturated carbocycles. The molecule has 0 aromatic carbocycles. The molecule has 9 heteroatoms. The van der Waals surface area contributed by atoms with Crippen LogP contribution in [0.2, 0.25) is 5.15 Å². The van der Waals surface area contributed by atoms with Gasteiger partial charge in [0.1, 0.15) is 24.0 Å². The van der Waals surface area contributed by atoms with Crippen molar-refractivity contribution < 1.29 is 28.5 Å². The molecule has 2 heterocycles. The van der Waals surface area contributed by atoms with Gasteiger partial charge in [0, 0.05) is 0 Å². The quantitative estimate of drug-likeness (QED) is 0.462. The predicted octanol–water partition coefficient (Wildman–Crippen LogP) is 1.08. The minimum Gasteiger partial charge on any atom is -0.468 e. The lowest BCUT2D eigenvalue weighted by molar-refractivity contribution is -0.154. The number of hydrogen-bond acceptors (Lipinski definition) is 8. The Morgan fingerprint density at radius 1 is 1.19 bits per heavy atom. The number of rotatable bonds is 4. The molecule has 21 heavy (non-hydrogen) atoms. The Balaban J connectivity index is 2.52. The molecule has 1 aliphatic heterocycles. The second-order valence-corrected chi connectivity index (χ2v) is 4.18. The molecular formula is C12H11ClN2O6. The summed E-state index contributed by atoms with van der Waals surface area (Å²) in [6.07, 6.45) is 2.75. The number of ether oxygens (including phenoxy) is 4. The Morgan fingerprint density at radius 3 is 2.29 bits per heavy atom. The Kier molecular flexibility index (Phi) is 4.59. The third-order valence-corrected chi connectivity index (χ3v) is 3.01. The molecule has 0 unspecified atom stereocenters. The van der Waals surface area contributed by atoms with Crippen molar-refractivity contribution in [2.24, 2.45) is 0 Å². The zero-order valence-electron chi connectivity index (χ0n) is 11.1. The first-order chi connectivity index (χ1) is 10.1. The molecule has 0 N–H and O–H groups in total. The second-order valence-electron chi connectivity index (χ2n) is 3.82. The highest BCUT2D eigenvalue weighted by Gasteiger charge is 2.38. The molecule has 0 fully saturated rings. The summed E-state index contributed by atoms with van der Waals surface area (Å²) in [7, 11) is 2.29. The maximum atomic E-state index is 11.9. The standard InChI is InChI=1S/C12H11ClN2O6/c1-18-10(16)7(11(17)19-2)8-6(9(13)15-5-14-8)12-20-3-4-21-12/h3-5,7,12H,1-2H3. The van der Waals surface area contributed by atoms with E-state index in [9.17, 15) is 9.59 Å². The minimum absolute atomic E-state index is 0.00222. The van der Waals surface area contributed by atoms with Crippen molar-refractivity contribution in [2.45, 2.75) is 12.2 Å². The Bertz CT molecular complexity index is 567. The van der Waals surface area contributed by atoms with Crippen molar-refractivity contribution in [3.8, 4) is 0 Å². The number of aromatic nitrogens is 2. The molecule has 2 rings (SSSR count). The van der Waals surface area contributed by atoms with Crippen molar-refractivity contribution >= 4 is 23.5 Å². The van der Waals surface area contributed by atoms with Crippen LogP contribution < -0.4 is 0 Å². The number of methoxy groups -OCH3 is 2. The van der Waals surface area contributed by atoms with Crippen LogP contribution in [0.1, 0.15) is 23.5 Å². The molecule has 1 aromatic rings. The van der Waals surface area contributed by atoms with Gasteiger partial charge in [-0.25, -0.2) is 9.97 Å². The van der Waals surface area contributed by atoms with Crippen LogP contribution in [-0.4, -0.2) is 36.1 Å².